The highest BCUT2D eigenvalue weighted by Gasteiger charge is 2.12. The van der Waals surface area contributed by atoms with Crippen molar-refractivity contribution in [3.8, 4) is 17.4 Å². The zero-order valence-electron chi connectivity index (χ0n) is 9.44. The minimum absolute atomic E-state index is 0.0354. The Balaban J connectivity index is 2.64. The number of benzene rings is 1. The van der Waals surface area contributed by atoms with Crippen molar-refractivity contribution >= 4 is 23.4 Å². The molecule has 0 saturated heterocycles. The van der Waals surface area contributed by atoms with Gasteiger partial charge in [0.1, 0.15) is 11.8 Å². The zero-order valence-corrected chi connectivity index (χ0v) is 11.0. The van der Waals surface area contributed by atoms with Gasteiger partial charge in [0.05, 0.1) is 0 Å². The van der Waals surface area contributed by atoms with Crippen molar-refractivity contribution in [1.29, 1.82) is 5.26 Å². The van der Waals surface area contributed by atoms with Gasteiger partial charge in [-0.1, -0.05) is 23.7 Å². The van der Waals surface area contributed by atoms with Crippen LogP contribution in [0.2, 0.25) is 5.02 Å². The number of nitrogens with zero attached hydrogens (tertiary/aromatic N) is 1. The number of thioether (sulfide) groups is 1. The van der Waals surface area contributed by atoms with Crippen LogP contribution in [0.4, 0.5) is 0 Å². The Morgan fingerprint density at radius 2 is 2.17 bits per heavy atom. The number of rotatable bonds is 2. The van der Waals surface area contributed by atoms with E-state index in [0.717, 1.165) is 0 Å². The first-order valence-corrected chi connectivity index (χ1v) is 6.64. The van der Waals surface area contributed by atoms with Gasteiger partial charge < -0.3 is 4.42 Å². The lowest BCUT2D eigenvalue weighted by atomic mass is 10.1. The molecule has 0 saturated carbocycles. The lowest BCUT2D eigenvalue weighted by Crippen LogP contribution is -2.06. The summed E-state index contributed by atoms with van der Waals surface area (Å²) in [5.41, 5.74) is 0.118. The fourth-order valence-electron chi connectivity index (χ4n) is 1.52. The van der Waals surface area contributed by atoms with Gasteiger partial charge >= 0.3 is 5.63 Å². The summed E-state index contributed by atoms with van der Waals surface area (Å²) < 4.78 is 5.13. The molecule has 0 aliphatic rings. The first-order chi connectivity index (χ1) is 8.65. The highest BCUT2D eigenvalue weighted by Crippen LogP contribution is 2.26. The summed E-state index contributed by atoms with van der Waals surface area (Å²) in [6, 6.07) is 10.5. The average Bonchev–Trinajstić information content (AvgIpc) is 2.37. The fraction of sp³-hybridized carbons (Fsp3) is 0.0769. The van der Waals surface area contributed by atoms with Crippen LogP contribution in [0.25, 0.3) is 11.3 Å². The monoisotopic (exact) mass is 277 g/mol. The van der Waals surface area contributed by atoms with Gasteiger partial charge in [0.2, 0.25) is 0 Å². The van der Waals surface area contributed by atoms with Crippen molar-refractivity contribution in [1.82, 2.24) is 0 Å². The summed E-state index contributed by atoms with van der Waals surface area (Å²) in [5, 5.41) is 9.45. The molecule has 1 heterocycles. The third-order valence-corrected chi connectivity index (χ3v) is 3.35. The van der Waals surface area contributed by atoms with Crippen LogP contribution in [0.1, 0.15) is 5.56 Å². The smallest absolute Gasteiger partial charge is 0.355 e. The molecule has 0 atom stereocenters. The summed E-state index contributed by atoms with van der Waals surface area (Å²) >= 11 is 7.22. The van der Waals surface area contributed by atoms with Crippen LogP contribution in [0.5, 0.6) is 0 Å². The van der Waals surface area contributed by atoms with E-state index < -0.39 is 5.63 Å². The Kier molecular flexibility index (Phi) is 3.75. The Hall–Kier alpha value is -1.70. The largest absolute Gasteiger partial charge is 0.422 e. The molecule has 0 radical (unpaired) electrons. The highest BCUT2D eigenvalue weighted by atomic mass is 35.5. The van der Waals surface area contributed by atoms with Crippen molar-refractivity contribution in [2.75, 3.05) is 6.26 Å². The molecule has 18 heavy (non-hydrogen) atoms. The van der Waals surface area contributed by atoms with Crippen molar-refractivity contribution in [2.45, 2.75) is 4.90 Å². The Morgan fingerprint density at radius 1 is 1.39 bits per heavy atom. The molecule has 5 heteroatoms. The Bertz CT molecular complexity index is 688. The molecule has 2 rings (SSSR count). The second-order valence-electron chi connectivity index (χ2n) is 3.46. The maximum Gasteiger partial charge on any atom is 0.355 e. The predicted molar refractivity (Wildman–Crippen MR) is 71.9 cm³/mol. The molecule has 0 spiro atoms. The van der Waals surface area contributed by atoms with Gasteiger partial charge in [-0.15, -0.1) is 11.8 Å². The molecule has 2 aromatic rings. The van der Waals surface area contributed by atoms with Gasteiger partial charge in [-0.25, -0.2) is 4.79 Å². The second kappa shape index (κ2) is 5.30. The van der Waals surface area contributed by atoms with Crippen LogP contribution < -0.4 is 5.63 Å². The molecule has 0 amide bonds. The first kappa shape index (κ1) is 12.7. The van der Waals surface area contributed by atoms with E-state index in [1.165, 1.54) is 11.8 Å². The lowest BCUT2D eigenvalue weighted by molar-refractivity contribution is 0.518. The molecule has 0 aliphatic carbocycles. The molecule has 0 bridgehead atoms. The van der Waals surface area contributed by atoms with E-state index in [0.29, 0.717) is 21.2 Å². The molecule has 0 fully saturated rings. The molecule has 1 aromatic carbocycles. The number of halogens is 1. The predicted octanol–water partition coefficient (Wildman–Crippen LogP) is 3.55. The number of hydrogen-bond donors (Lipinski definition) is 0. The van der Waals surface area contributed by atoms with E-state index in [1.54, 1.807) is 36.6 Å². The van der Waals surface area contributed by atoms with Crippen molar-refractivity contribution < 1.29 is 4.42 Å². The number of hydrogen-bond acceptors (Lipinski definition) is 4. The van der Waals surface area contributed by atoms with Gasteiger partial charge in [0, 0.05) is 15.5 Å². The SMILES string of the molecule is CSc1cc(-c2cccc(Cl)c2)oc(=O)c1C#N. The van der Waals surface area contributed by atoms with Gasteiger partial charge in [0.25, 0.3) is 0 Å². The summed E-state index contributed by atoms with van der Waals surface area (Å²) in [6.07, 6.45) is 1.80. The summed E-state index contributed by atoms with van der Waals surface area (Å²) in [7, 11) is 0. The lowest BCUT2D eigenvalue weighted by Gasteiger charge is -2.04. The van der Waals surface area contributed by atoms with E-state index in [-0.39, 0.29) is 5.56 Å². The standard InChI is InChI=1S/C13H8ClNO2S/c1-18-12-6-11(17-13(16)10(12)7-15)8-3-2-4-9(14)5-8/h2-6H,1H3. The minimum Gasteiger partial charge on any atom is -0.422 e. The van der Waals surface area contributed by atoms with Crippen LogP contribution in [0.15, 0.2) is 44.4 Å². The van der Waals surface area contributed by atoms with E-state index in [1.807, 2.05) is 6.07 Å². The molecule has 0 unspecified atom stereocenters. The average molecular weight is 278 g/mol. The van der Waals surface area contributed by atoms with Crippen molar-refractivity contribution in [2.24, 2.45) is 0 Å². The number of nitriles is 1. The normalized spacial score (nSPS) is 10.1. The molecular formula is C13H8ClNO2S. The van der Waals surface area contributed by atoms with Crippen molar-refractivity contribution in [3.05, 3.63) is 51.3 Å². The van der Waals surface area contributed by atoms with Gasteiger partial charge in [-0.3, -0.25) is 0 Å². The third kappa shape index (κ3) is 2.42. The highest BCUT2D eigenvalue weighted by molar-refractivity contribution is 7.98. The maximum atomic E-state index is 11.7. The van der Waals surface area contributed by atoms with Gasteiger partial charge in [-0.2, -0.15) is 5.26 Å². The van der Waals surface area contributed by atoms with Crippen LogP contribution in [0, 0.1) is 11.3 Å². The minimum atomic E-state index is -0.626. The van der Waals surface area contributed by atoms with E-state index >= 15 is 0 Å². The molecule has 0 aliphatic heterocycles. The Morgan fingerprint density at radius 3 is 2.78 bits per heavy atom. The summed E-state index contributed by atoms with van der Waals surface area (Å²) in [4.78, 5) is 12.3. The molecule has 3 nitrogen and oxygen atoms in total. The van der Waals surface area contributed by atoms with E-state index in [9.17, 15) is 4.79 Å². The van der Waals surface area contributed by atoms with Crippen molar-refractivity contribution in [3.63, 3.8) is 0 Å². The third-order valence-electron chi connectivity index (χ3n) is 2.36. The zero-order chi connectivity index (χ0) is 13.1. The van der Waals surface area contributed by atoms with Gasteiger partial charge in [0.15, 0.2) is 5.56 Å². The summed E-state index contributed by atoms with van der Waals surface area (Å²) in [6.45, 7) is 0. The topological polar surface area (TPSA) is 54.0 Å². The molecular weight excluding hydrogens is 270 g/mol. The maximum absolute atomic E-state index is 11.7. The fourth-order valence-corrected chi connectivity index (χ4v) is 2.27. The first-order valence-electron chi connectivity index (χ1n) is 5.04. The quantitative estimate of drug-likeness (QED) is 0.788. The van der Waals surface area contributed by atoms with E-state index in [2.05, 4.69) is 0 Å². The van der Waals surface area contributed by atoms with Crippen LogP contribution in [-0.2, 0) is 0 Å². The van der Waals surface area contributed by atoms with Gasteiger partial charge in [-0.05, 0) is 24.5 Å². The molecule has 1 aromatic heterocycles. The summed E-state index contributed by atoms with van der Waals surface area (Å²) in [5.74, 6) is 0.408. The van der Waals surface area contributed by atoms with Crippen LogP contribution >= 0.6 is 23.4 Å². The molecule has 90 valence electrons. The second-order valence-corrected chi connectivity index (χ2v) is 4.75. The molecule has 0 N–H and O–H groups in total. The Labute approximate surface area is 113 Å². The van der Waals surface area contributed by atoms with E-state index in [4.69, 9.17) is 21.3 Å². The van der Waals surface area contributed by atoms with Crippen LogP contribution in [0.3, 0.4) is 0 Å². The van der Waals surface area contributed by atoms with Crippen LogP contribution in [-0.4, -0.2) is 6.26 Å².